The van der Waals surface area contributed by atoms with E-state index in [-0.39, 0.29) is 6.04 Å². The van der Waals surface area contributed by atoms with Crippen LogP contribution in [0.15, 0.2) is 0 Å². The standard InChI is InChI=1S/C8H19N3O2S/c1-3-8(2)10-14(12,13)11-6-4-9-5-7-11/h8-10H,3-7H2,1-2H3. The second kappa shape index (κ2) is 5.06. The van der Waals surface area contributed by atoms with Crippen molar-refractivity contribution in [3.63, 3.8) is 0 Å². The predicted molar refractivity (Wildman–Crippen MR) is 56.3 cm³/mol. The van der Waals surface area contributed by atoms with E-state index in [0.717, 1.165) is 19.5 Å². The summed E-state index contributed by atoms with van der Waals surface area (Å²) in [6.45, 7) is 6.44. The Bertz CT molecular complexity index is 260. The molecule has 0 amide bonds. The highest BCUT2D eigenvalue weighted by Gasteiger charge is 2.24. The third-order valence-corrected chi connectivity index (χ3v) is 4.12. The summed E-state index contributed by atoms with van der Waals surface area (Å²) in [5.41, 5.74) is 0. The quantitative estimate of drug-likeness (QED) is 0.674. The van der Waals surface area contributed by atoms with Crippen LogP contribution in [0.4, 0.5) is 0 Å². The fourth-order valence-electron chi connectivity index (χ4n) is 1.30. The lowest BCUT2D eigenvalue weighted by atomic mass is 10.3. The normalized spacial score (nSPS) is 22.1. The first-order valence-corrected chi connectivity index (χ1v) is 6.48. The Morgan fingerprint density at radius 2 is 2.00 bits per heavy atom. The third kappa shape index (κ3) is 3.20. The molecule has 0 spiro atoms. The van der Waals surface area contributed by atoms with Crippen molar-refractivity contribution in [3.8, 4) is 0 Å². The highest BCUT2D eigenvalue weighted by atomic mass is 32.2. The van der Waals surface area contributed by atoms with E-state index in [1.54, 1.807) is 0 Å². The molecule has 1 aliphatic rings. The second-order valence-electron chi connectivity index (χ2n) is 3.58. The van der Waals surface area contributed by atoms with Crippen molar-refractivity contribution in [1.29, 1.82) is 0 Å². The number of rotatable bonds is 4. The molecule has 5 nitrogen and oxygen atoms in total. The zero-order chi connectivity index (χ0) is 10.6. The molecule has 1 rings (SSSR count). The summed E-state index contributed by atoms with van der Waals surface area (Å²) in [6.07, 6.45) is 0.811. The van der Waals surface area contributed by atoms with Gasteiger partial charge in [0, 0.05) is 32.2 Å². The van der Waals surface area contributed by atoms with E-state index >= 15 is 0 Å². The molecule has 0 bridgehead atoms. The molecule has 0 aromatic carbocycles. The third-order valence-electron chi connectivity index (χ3n) is 2.38. The minimum Gasteiger partial charge on any atom is -0.314 e. The van der Waals surface area contributed by atoms with E-state index in [2.05, 4.69) is 10.0 Å². The largest absolute Gasteiger partial charge is 0.314 e. The van der Waals surface area contributed by atoms with Crippen molar-refractivity contribution in [2.45, 2.75) is 26.3 Å². The zero-order valence-electron chi connectivity index (χ0n) is 8.78. The van der Waals surface area contributed by atoms with Crippen LogP contribution in [0.1, 0.15) is 20.3 Å². The van der Waals surface area contributed by atoms with E-state index in [1.807, 2.05) is 13.8 Å². The van der Waals surface area contributed by atoms with Crippen LogP contribution < -0.4 is 10.0 Å². The van der Waals surface area contributed by atoms with Gasteiger partial charge in [0.2, 0.25) is 0 Å². The van der Waals surface area contributed by atoms with Crippen LogP contribution in [0.5, 0.6) is 0 Å². The highest BCUT2D eigenvalue weighted by Crippen LogP contribution is 2.02. The highest BCUT2D eigenvalue weighted by molar-refractivity contribution is 7.87. The smallest absolute Gasteiger partial charge is 0.279 e. The topological polar surface area (TPSA) is 61.4 Å². The Hall–Kier alpha value is -0.170. The summed E-state index contributed by atoms with van der Waals surface area (Å²) >= 11 is 0. The molecule has 1 heterocycles. The lowest BCUT2D eigenvalue weighted by Gasteiger charge is -2.27. The molecule has 14 heavy (non-hydrogen) atoms. The molecule has 1 unspecified atom stereocenters. The molecule has 0 aromatic heterocycles. The van der Waals surface area contributed by atoms with Gasteiger partial charge < -0.3 is 5.32 Å². The molecular weight excluding hydrogens is 202 g/mol. The Morgan fingerprint density at radius 1 is 1.43 bits per heavy atom. The van der Waals surface area contributed by atoms with Crippen LogP contribution in [0, 0.1) is 0 Å². The molecule has 0 radical (unpaired) electrons. The van der Waals surface area contributed by atoms with E-state index < -0.39 is 10.2 Å². The molecular formula is C8H19N3O2S. The Morgan fingerprint density at radius 3 is 2.50 bits per heavy atom. The van der Waals surface area contributed by atoms with Crippen molar-refractivity contribution in [2.75, 3.05) is 26.2 Å². The van der Waals surface area contributed by atoms with Crippen molar-refractivity contribution < 1.29 is 8.42 Å². The number of hydrogen-bond donors (Lipinski definition) is 2. The van der Waals surface area contributed by atoms with Gasteiger partial charge in [-0.2, -0.15) is 17.4 Å². The maximum Gasteiger partial charge on any atom is 0.279 e. The Labute approximate surface area is 86.0 Å². The van der Waals surface area contributed by atoms with Crippen molar-refractivity contribution in [1.82, 2.24) is 14.3 Å². The molecule has 1 fully saturated rings. The van der Waals surface area contributed by atoms with Gasteiger partial charge in [-0.05, 0) is 13.3 Å². The van der Waals surface area contributed by atoms with Gasteiger partial charge >= 0.3 is 0 Å². The molecule has 0 aromatic rings. The van der Waals surface area contributed by atoms with E-state index in [0.29, 0.717) is 13.1 Å². The van der Waals surface area contributed by atoms with Crippen LogP contribution in [0.25, 0.3) is 0 Å². The van der Waals surface area contributed by atoms with Gasteiger partial charge in [0.15, 0.2) is 0 Å². The van der Waals surface area contributed by atoms with Crippen molar-refractivity contribution in [2.24, 2.45) is 0 Å². The summed E-state index contributed by atoms with van der Waals surface area (Å²) in [4.78, 5) is 0. The van der Waals surface area contributed by atoms with Crippen molar-refractivity contribution in [3.05, 3.63) is 0 Å². The summed E-state index contributed by atoms with van der Waals surface area (Å²) < 4.78 is 27.6. The van der Waals surface area contributed by atoms with Crippen LogP contribution in [-0.4, -0.2) is 44.9 Å². The monoisotopic (exact) mass is 221 g/mol. The van der Waals surface area contributed by atoms with Gasteiger partial charge in [0.05, 0.1) is 0 Å². The fraction of sp³-hybridized carbons (Fsp3) is 1.00. The maximum atomic E-state index is 11.7. The lowest BCUT2D eigenvalue weighted by molar-refractivity contribution is 0.351. The first-order valence-electron chi connectivity index (χ1n) is 5.04. The number of nitrogens with zero attached hydrogens (tertiary/aromatic N) is 1. The van der Waals surface area contributed by atoms with Crippen molar-refractivity contribution >= 4 is 10.2 Å². The summed E-state index contributed by atoms with van der Waals surface area (Å²) in [5, 5.41) is 3.12. The summed E-state index contributed by atoms with van der Waals surface area (Å²) in [5.74, 6) is 0. The minimum atomic E-state index is -3.25. The number of piperazine rings is 1. The molecule has 2 N–H and O–H groups in total. The van der Waals surface area contributed by atoms with Crippen LogP contribution in [0.2, 0.25) is 0 Å². The lowest BCUT2D eigenvalue weighted by Crippen LogP contribution is -2.51. The van der Waals surface area contributed by atoms with E-state index in [9.17, 15) is 8.42 Å². The van der Waals surface area contributed by atoms with Crippen LogP contribution in [0.3, 0.4) is 0 Å². The fourth-order valence-corrected chi connectivity index (χ4v) is 2.78. The molecule has 1 aliphatic heterocycles. The van der Waals surface area contributed by atoms with Gasteiger partial charge in [-0.15, -0.1) is 0 Å². The second-order valence-corrected chi connectivity index (χ2v) is 5.28. The zero-order valence-corrected chi connectivity index (χ0v) is 9.60. The maximum absolute atomic E-state index is 11.7. The van der Waals surface area contributed by atoms with Gasteiger partial charge in [-0.25, -0.2) is 0 Å². The average Bonchev–Trinajstić information content (AvgIpc) is 2.18. The first-order chi connectivity index (χ1) is 6.56. The average molecular weight is 221 g/mol. The van der Waals surface area contributed by atoms with E-state index in [1.165, 1.54) is 4.31 Å². The minimum absolute atomic E-state index is 0.00915. The van der Waals surface area contributed by atoms with Gasteiger partial charge in [0.25, 0.3) is 10.2 Å². The van der Waals surface area contributed by atoms with Crippen LogP contribution in [-0.2, 0) is 10.2 Å². The SMILES string of the molecule is CCC(C)NS(=O)(=O)N1CCNCC1. The first kappa shape index (κ1) is 11.9. The molecule has 84 valence electrons. The van der Waals surface area contributed by atoms with Gasteiger partial charge in [-0.1, -0.05) is 6.92 Å². The van der Waals surface area contributed by atoms with E-state index in [4.69, 9.17) is 0 Å². The van der Waals surface area contributed by atoms with Gasteiger partial charge in [0.1, 0.15) is 0 Å². The molecule has 6 heteroatoms. The number of hydrogen-bond acceptors (Lipinski definition) is 3. The Kier molecular flexibility index (Phi) is 4.31. The van der Waals surface area contributed by atoms with Gasteiger partial charge in [-0.3, -0.25) is 0 Å². The van der Waals surface area contributed by atoms with Crippen LogP contribution >= 0.6 is 0 Å². The molecule has 0 saturated carbocycles. The predicted octanol–water partition coefficient (Wildman–Crippen LogP) is -0.475. The summed E-state index contributed by atoms with van der Waals surface area (Å²) in [7, 11) is -3.25. The summed E-state index contributed by atoms with van der Waals surface area (Å²) in [6, 6.07) is 0.00915. The molecule has 1 saturated heterocycles. The molecule has 0 aliphatic carbocycles. The number of nitrogens with one attached hydrogen (secondary N) is 2. The molecule has 1 atom stereocenters. The Balaban J connectivity index is 2.54.